The minimum atomic E-state index is -1.69. The topological polar surface area (TPSA) is 274 Å². The molecule has 4 atom stereocenters. The van der Waals surface area contributed by atoms with Gasteiger partial charge in [-0.3, -0.25) is 28.8 Å². The third kappa shape index (κ3) is 11.1. The smallest absolute Gasteiger partial charge is 0.326 e. The molecule has 11 N–H and O–H groups in total. The van der Waals surface area contributed by atoms with Crippen LogP contribution < -0.4 is 33.2 Å². The number of nitrogens with one attached hydrogen (secondary N) is 3. The molecule has 0 aromatic rings. The van der Waals surface area contributed by atoms with E-state index in [0.29, 0.717) is 0 Å². The number of aliphatic carboxylic acids is 2. The highest BCUT2D eigenvalue weighted by molar-refractivity contribution is 5.97. The molecular weight excluding hydrogens is 420 g/mol. The largest absolute Gasteiger partial charge is 0.481 e. The molecule has 174 valence electrons. The van der Waals surface area contributed by atoms with Crippen molar-refractivity contribution >= 4 is 41.5 Å². The maximum Gasteiger partial charge on any atom is 0.326 e. The van der Waals surface area contributed by atoms with Crippen LogP contribution in [0.1, 0.15) is 32.6 Å². The van der Waals surface area contributed by atoms with Crippen molar-refractivity contribution in [2.24, 2.45) is 17.2 Å². The van der Waals surface area contributed by atoms with Gasteiger partial charge >= 0.3 is 11.9 Å². The number of nitrogens with two attached hydrogens (primary N) is 3. The average Bonchev–Trinajstić information content (AvgIpc) is 2.62. The lowest BCUT2D eigenvalue weighted by atomic mass is 10.1. The van der Waals surface area contributed by atoms with Gasteiger partial charge in [-0.05, 0) is 13.3 Å². The summed E-state index contributed by atoms with van der Waals surface area (Å²) in [6.07, 6.45) is -2.36. The van der Waals surface area contributed by atoms with Gasteiger partial charge in [0.05, 0.1) is 18.9 Å². The van der Waals surface area contributed by atoms with Gasteiger partial charge in [0, 0.05) is 6.42 Å². The van der Waals surface area contributed by atoms with Crippen LogP contribution in [0.25, 0.3) is 0 Å². The fourth-order valence-electron chi connectivity index (χ4n) is 2.19. The predicted octanol–water partition coefficient (Wildman–Crippen LogP) is -4.51. The number of carboxylic acids is 2. The molecule has 0 radical (unpaired) electrons. The van der Waals surface area contributed by atoms with Crippen molar-refractivity contribution in [2.45, 2.75) is 56.8 Å². The maximum atomic E-state index is 12.4. The molecule has 0 aliphatic heterocycles. The summed E-state index contributed by atoms with van der Waals surface area (Å²) in [5.41, 5.74) is 15.3. The maximum absolute atomic E-state index is 12.4. The molecule has 5 amide bonds. The van der Waals surface area contributed by atoms with Crippen LogP contribution in [0, 0.1) is 0 Å². The van der Waals surface area contributed by atoms with E-state index in [-0.39, 0.29) is 12.8 Å². The first-order valence-corrected chi connectivity index (χ1v) is 8.92. The Bertz CT molecular complexity index is 739. The van der Waals surface area contributed by atoms with E-state index >= 15 is 0 Å². The number of rotatable bonds is 14. The lowest BCUT2D eigenvalue weighted by Crippen LogP contribution is -2.58. The molecule has 0 heterocycles. The number of amides is 5. The van der Waals surface area contributed by atoms with E-state index in [1.54, 1.807) is 0 Å². The van der Waals surface area contributed by atoms with Crippen LogP contribution in [0.15, 0.2) is 0 Å². The zero-order valence-corrected chi connectivity index (χ0v) is 16.6. The molecule has 0 saturated carbocycles. The lowest BCUT2D eigenvalue weighted by molar-refractivity contribution is -0.143. The number of primary amides is 2. The Kier molecular flexibility index (Phi) is 11.2. The number of hydrogen-bond acceptors (Lipinski definition) is 8. The molecule has 4 unspecified atom stereocenters. The van der Waals surface area contributed by atoms with Gasteiger partial charge in [-0.1, -0.05) is 0 Å². The SMILES string of the molecule is CC(N)C(=O)NC(CC(=O)O)C(=O)NC(CC(N)=O)C(=O)NC(CCC(N)=O)C(=O)O. The summed E-state index contributed by atoms with van der Waals surface area (Å²) in [6, 6.07) is -5.98. The summed E-state index contributed by atoms with van der Waals surface area (Å²) >= 11 is 0. The number of hydrogen-bond donors (Lipinski definition) is 8. The summed E-state index contributed by atoms with van der Waals surface area (Å²) in [4.78, 5) is 80.9. The van der Waals surface area contributed by atoms with Crippen LogP contribution in [-0.4, -0.2) is 75.9 Å². The Balaban J connectivity index is 5.47. The molecule has 0 fully saturated rings. The summed E-state index contributed by atoms with van der Waals surface area (Å²) in [5, 5.41) is 24.3. The Morgan fingerprint density at radius 2 is 1.19 bits per heavy atom. The van der Waals surface area contributed by atoms with E-state index in [9.17, 15) is 33.6 Å². The summed E-state index contributed by atoms with van der Waals surface area (Å²) in [6.45, 7) is 1.28. The fourth-order valence-corrected chi connectivity index (χ4v) is 2.19. The summed E-state index contributed by atoms with van der Waals surface area (Å²) in [5.74, 6) is -7.97. The Morgan fingerprint density at radius 1 is 0.742 bits per heavy atom. The van der Waals surface area contributed by atoms with Gasteiger partial charge in [0.25, 0.3) is 0 Å². The average molecular weight is 446 g/mol. The van der Waals surface area contributed by atoms with Crippen molar-refractivity contribution in [1.82, 2.24) is 16.0 Å². The van der Waals surface area contributed by atoms with Gasteiger partial charge < -0.3 is 43.4 Å². The number of carbonyl (C=O) groups is 7. The zero-order valence-electron chi connectivity index (χ0n) is 16.6. The van der Waals surface area contributed by atoms with Crippen molar-refractivity contribution in [1.29, 1.82) is 0 Å². The normalized spacial score (nSPS) is 14.3. The number of carboxylic acid groups (broad SMARTS) is 2. The molecule has 0 rings (SSSR count). The van der Waals surface area contributed by atoms with Crippen LogP contribution in [-0.2, 0) is 33.6 Å². The Morgan fingerprint density at radius 3 is 1.58 bits per heavy atom. The monoisotopic (exact) mass is 446 g/mol. The molecule has 0 aromatic carbocycles. The highest BCUT2D eigenvalue weighted by atomic mass is 16.4. The van der Waals surface area contributed by atoms with E-state index in [1.165, 1.54) is 6.92 Å². The van der Waals surface area contributed by atoms with E-state index in [1.807, 2.05) is 5.32 Å². The second-order valence-electron chi connectivity index (χ2n) is 6.58. The molecule has 0 aliphatic rings. The van der Waals surface area contributed by atoms with Crippen LogP contribution in [0.5, 0.6) is 0 Å². The first-order chi connectivity index (χ1) is 14.2. The first-order valence-electron chi connectivity index (χ1n) is 8.92. The molecule has 0 aliphatic carbocycles. The molecular formula is C16H26N6O9. The van der Waals surface area contributed by atoms with Gasteiger partial charge in [0.15, 0.2) is 0 Å². The van der Waals surface area contributed by atoms with Crippen molar-refractivity contribution in [3.63, 3.8) is 0 Å². The molecule has 0 spiro atoms. The molecule has 15 heteroatoms. The minimum absolute atomic E-state index is 0.361. The van der Waals surface area contributed by atoms with Gasteiger partial charge in [-0.2, -0.15) is 0 Å². The van der Waals surface area contributed by atoms with Crippen molar-refractivity contribution in [2.75, 3.05) is 0 Å². The standard InChI is InChI=1S/C16H26N6O9/c1-6(17)13(27)21-9(5-12(25)26)15(29)22-8(4-11(19)24)14(28)20-7(16(30)31)2-3-10(18)23/h6-9H,2-5,17H2,1H3,(H2,18,23)(H2,19,24)(H,20,28)(H,21,27)(H,22,29)(H,25,26)(H,30,31). The molecule has 0 saturated heterocycles. The first kappa shape index (κ1) is 27.2. The van der Waals surface area contributed by atoms with E-state index in [0.717, 1.165) is 0 Å². The van der Waals surface area contributed by atoms with Crippen molar-refractivity contribution in [3.8, 4) is 0 Å². The van der Waals surface area contributed by atoms with Crippen molar-refractivity contribution in [3.05, 3.63) is 0 Å². The Labute approximate surface area is 176 Å². The van der Waals surface area contributed by atoms with Gasteiger partial charge in [-0.25, -0.2) is 4.79 Å². The fraction of sp³-hybridized carbons (Fsp3) is 0.562. The van der Waals surface area contributed by atoms with Crippen LogP contribution in [0.2, 0.25) is 0 Å². The van der Waals surface area contributed by atoms with E-state index in [2.05, 4.69) is 10.6 Å². The van der Waals surface area contributed by atoms with Crippen LogP contribution in [0.4, 0.5) is 0 Å². The van der Waals surface area contributed by atoms with E-state index < -0.39 is 78.5 Å². The molecule has 0 aromatic heterocycles. The Hall–Kier alpha value is -3.75. The number of carbonyl (C=O) groups excluding carboxylic acids is 5. The third-order valence-electron chi connectivity index (χ3n) is 3.76. The highest BCUT2D eigenvalue weighted by Crippen LogP contribution is 2.02. The van der Waals surface area contributed by atoms with Crippen LogP contribution >= 0.6 is 0 Å². The van der Waals surface area contributed by atoms with Crippen molar-refractivity contribution < 1.29 is 43.8 Å². The second-order valence-corrected chi connectivity index (χ2v) is 6.58. The zero-order chi connectivity index (χ0) is 24.3. The summed E-state index contributed by atoms with van der Waals surface area (Å²) < 4.78 is 0. The van der Waals surface area contributed by atoms with Gasteiger partial charge in [0.2, 0.25) is 29.5 Å². The predicted molar refractivity (Wildman–Crippen MR) is 102 cm³/mol. The quantitative estimate of drug-likeness (QED) is 0.126. The van der Waals surface area contributed by atoms with Gasteiger partial charge in [-0.15, -0.1) is 0 Å². The molecule has 0 bridgehead atoms. The summed E-state index contributed by atoms with van der Waals surface area (Å²) in [7, 11) is 0. The van der Waals surface area contributed by atoms with E-state index in [4.69, 9.17) is 27.4 Å². The molecule has 15 nitrogen and oxygen atoms in total. The minimum Gasteiger partial charge on any atom is -0.481 e. The lowest BCUT2D eigenvalue weighted by Gasteiger charge is -2.23. The van der Waals surface area contributed by atoms with Crippen LogP contribution in [0.3, 0.4) is 0 Å². The molecule has 31 heavy (non-hydrogen) atoms. The van der Waals surface area contributed by atoms with Gasteiger partial charge in [0.1, 0.15) is 18.1 Å². The second kappa shape index (κ2) is 12.7. The third-order valence-corrected chi connectivity index (χ3v) is 3.76. The highest BCUT2D eigenvalue weighted by Gasteiger charge is 2.31.